The molecule has 1 aromatic heterocycles. The standard InChI is InChI=1S/C28H23BrN2O3S2/c1-33-22-10-7-19(8-11-22)17-31-27(32)26(36-28(31)35)15-20-18-30(25-12-9-21(29)16-24(20)25)13-14-34-23-5-3-2-4-6-23/h2-12,15-16,18H,13-14,17H2,1H3/b26-15-. The summed E-state index contributed by atoms with van der Waals surface area (Å²) in [5.41, 5.74) is 3.04. The van der Waals surface area contributed by atoms with E-state index >= 15 is 0 Å². The Morgan fingerprint density at radius 2 is 1.81 bits per heavy atom. The lowest BCUT2D eigenvalue weighted by Crippen LogP contribution is -2.27. The Morgan fingerprint density at radius 1 is 1.03 bits per heavy atom. The number of methoxy groups -OCH3 is 1. The fraction of sp³-hybridized carbons (Fsp3) is 0.143. The molecule has 5 rings (SSSR count). The van der Waals surface area contributed by atoms with Gasteiger partial charge in [0.1, 0.15) is 22.4 Å². The Kier molecular flexibility index (Phi) is 7.46. The van der Waals surface area contributed by atoms with Crippen molar-refractivity contribution in [1.82, 2.24) is 9.47 Å². The number of ether oxygens (including phenoxy) is 2. The number of hydrogen-bond donors (Lipinski definition) is 0. The van der Waals surface area contributed by atoms with E-state index in [0.717, 1.165) is 38.0 Å². The first-order chi connectivity index (χ1) is 17.5. The lowest BCUT2D eigenvalue weighted by atomic mass is 10.1. The van der Waals surface area contributed by atoms with Gasteiger partial charge in [-0.3, -0.25) is 9.69 Å². The number of benzene rings is 3. The molecule has 8 heteroatoms. The van der Waals surface area contributed by atoms with Gasteiger partial charge in [-0.1, -0.05) is 70.2 Å². The van der Waals surface area contributed by atoms with Crippen LogP contribution < -0.4 is 9.47 Å². The number of thiocarbonyl (C=S) groups is 1. The van der Waals surface area contributed by atoms with Crippen LogP contribution in [0.15, 0.2) is 88.4 Å². The molecule has 1 aliphatic heterocycles. The molecule has 0 spiro atoms. The van der Waals surface area contributed by atoms with Gasteiger partial charge in [-0.25, -0.2) is 0 Å². The molecule has 0 atom stereocenters. The van der Waals surface area contributed by atoms with E-state index in [1.807, 2.05) is 66.7 Å². The maximum absolute atomic E-state index is 13.3. The van der Waals surface area contributed by atoms with Gasteiger partial charge in [0.05, 0.1) is 25.1 Å². The second-order valence-corrected chi connectivity index (χ2v) is 10.8. The van der Waals surface area contributed by atoms with Gasteiger partial charge in [0.15, 0.2) is 0 Å². The molecule has 0 N–H and O–H groups in total. The number of fused-ring (bicyclic) bond motifs is 1. The van der Waals surface area contributed by atoms with Gasteiger partial charge in [0, 0.05) is 27.1 Å². The van der Waals surface area contributed by atoms with E-state index in [0.29, 0.717) is 28.9 Å². The van der Waals surface area contributed by atoms with E-state index in [2.05, 4.69) is 38.8 Å². The minimum absolute atomic E-state index is 0.0795. The number of hydrogen-bond acceptors (Lipinski definition) is 5. The van der Waals surface area contributed by atoms with Gasteiger partial charge in [0.2, 0.25) is 0 Å². The van der Waals surface area contributed by atoms with E-state index < -0.39 is 0 Å². The van der Waals surface area contributed by atoms with Crippen LogP contribution in [0.1, 0.15) is 11.1 Å². The van der Waals surface area contributed by atoms with Crippen LogP contribution in [-0.4, -0.2) is 33.4 Å². The molecular weight excluding hydrogens is 556 g/mol. The maximum Gasteiger partial charge on any atom is 0.266 e. The Hall–Kier alpha value is -3.07. The SMILES string of the molecule is COc1ccc(CN2C(=O)/C(=C/c3cn(CCOc4ccccc4)c4ccc(Br)cc34)SC2=S)cc1. The zero-order valence-electron chi connectivity index (χ0n) is 19.5. The highest BCUT2D eigenvalue weighted by Gasteiger charge is 2.32. The summed E-state index contributed by atoms with van der Waals surface area (Å²) < 4.78 is 14.8. The van der Waals surface area contributed by atoms with Crippen molar-refractivity contribution < 1.29 is 14.3 Å². The topological polar surface area (TPSA) is 43.7 Å². The molecular formula is C28H23BrN2O3S2. The quantitative estimate of drug-likeness (QED) is 0.168. The lowest BCUT2D eigenvalue weighted by Gasteiger charge is -2.14. The summed E-state index contributed by atoms with van der Waals surface area (Å²) in [6.07, 6.45) is 4.01. The van der Waals surface area contributed by atoms with E-state index in [-0.39, 0.29) is 5.91 Å². The van der Waals surface area contributed by atoms with E-state index in [1.165, 1.54) is 11.8 Å². The monoisotopic (exact) mass is 578 g/mol. The maximum atomic E-state index is 13.3. The fourth-order valence-electron chi connectivity index (χ4n) is 4.07. The van der Waals surface area contributed by atoms with Crippen LogP contribution in [-0.2, 0) is 17.9 Å². The predicted molar refractivity (Wildman–Crippen MR) is 153 cm³/mol. The molecule has 0 unspecified atom stereocenters. The molecule has 0 radical (unpaired) electrons. The number of nitrogens with zero attached hydrogens (tertiary/aromatic N) is 2. The fourth-order valence-corrected chi connectivity index (χ4v) is 5.67. The molecule has 1 fully saturated rings. The summed E-state index contributed by atoms with van der Waals surface area (Å²) >= 11 is 10.5. The minimum Gasteiger partial charge on any atom is -0.497 e. The second-order valence-electron chi connectivity index (χ2n) is 8.22. The third kappa shape index (κ3) is 5.36. The average molecular weight is 580 g/mol. The van der Waals surface area contributed by atoms with Crippen molar-refractivity contribution >= 4 is 67.1 Å². The Morgan fingerprint density at radius 3 is 2.56 bits per heavy atom. The van der Waals surface area contributed by atoms with Crippen LogP contribution in [0, 0.1) is 0 Å². The lowest BCUT2D eigenvalue weighted by molar-refractivity contribution is -0.122. The van der Waals surface area contributed by atoms with Crippen molar-refractivity contribution in [1.29, 1.82) is 0 Å². The largest absolute Gasteiger partial charge is 0.497 e. The molecule has 2 heterocycles. The smallest absolute Gasteiger partial charge is 0.266 e. The van der Waals surface area contributed by atoms with Crippen molar-refractivity contribution in [2.75, 3.05) is 13.7 Å². The molecule has 0 bridgehead atoms. The number of thioether (sulfide) groups is 1. The Balaban J connectivity index is 1.37. The summed E-state index contributed by atoms with van der Waals surface area (Å²) in [6.45, 7) is 1.64. The van der Waals surface area contributed by atoms with Crippen molar-refractivity contribution in [3.05, 3.63) is 99.5 Å². The normalized spacial score (nSPS) is 14.7. The van der Waals surface area contributed by atoms with Gasteiger partial charge in [0.25, 0.3) is 5.91 Å². The van der Waals surface area contributed by atoms with Crippen molar-refractivity contribution in [2.45, 2.75) is 13.1 Å². The molecule has 1 aliphatic rings. The highest BCUT2D eigenvalue weighted by Crippen LogP contribution is 2.36. The second kappa shape index (κ2) is 10.9. The van der Waals surface area contributed by atoms with Crippen molar-refractivity contribution in [3.63, 3.8) is 0 Å². The average Bonchev–Trinajstić information content (AvgIpc) is 3.36. The van der Waals surface area contributed by atoms with Gasteiger partial charge in [-0.2, -0.15) is 0 Å². The zero-order chi connectivity index (χ0) is 25.1. The van der Waals surface area contributed by atoms with Gasteiger partial charge in [-0.05, 0) is 54.1 Å². The Bertz CT molecular complexity index is 1450. The first-order valence-corrected chi connectivity index (χ1v) is 13.4. The summed E-state index contributed by atoms with van der Waals surface area (Å²) in [5.74, 6) is 1.54. The van der Waals surface area contributed by atoms with Gasteiger partial charge in [-0.15, -0.1) is 0 Å². The molecule has 0 aliphatic carbocycles. The van der Waals surface area contributed by atoms with E-state index in [1.54, 1.807) is 12.0 Å². The van der Waals surface area contributed by atoms with Crippen LogP contribution in [0.3, 0.4) is 0 Å². The molecule has 1 amide bonds. The van der Waals surface area contributed by atoms with Crippen molar-refractivity contribution in [3.8, 4) is 11.5 Å². The van der Waals surface area contributed by atoms with Gasteiger partial charge >= 0.3 is 0 Å². The Labute approximate surface area is 227 Å². The summed E-state index contributed by atoms with van der Waals surface area (Å²) in [4.78, 5) is 15.5. The van der Waals surface area contributed by atoms with Crippen LogP contribution in [0.2, 0.25) is 0 Å². The third-order valence-corrected chi connectivity index (χ3v) is 7.75. The molecule has 36 heavy (non-hydrogen) atoms. The summed E-state index contributed by atoms with van der Waals surface area (Å²) in [6, 6.07) is 23.6. The minimum atomic E-state index is -0.0795. The number of aromatic nitrogens is 1. The van der Waals surface area contributed by atoms with Crippen LogP contribution in [0.5, 0.6) is 11.5 Å². The highest BCUT2D eigenvalue weighted by atomic mass is 79.9. The van der Waals surface area contributed by atoms with E-state index in [9.17, 15) is 4.79 Å². The molecule has 0 saturated carbocycles. The number of halogens is 1. The van der Waals surface area contributed by atoms with Crippen molar-refractivity contribution in [2.24, 2.45) is 0 Å². The molecule has 5 nitrogen and oxygen atoms in total. The predicted octanol–water partition coefficient (Wildman–Crippen LogP) is 6.89. The zero-order valence-corrected chi connectivity index (χ0v) is 22.7. The molecule has 4 aromatic rings. The number of para-hydroxylation sites is 1. The highest BCUT2D eigenvalue weighted by molar-refractivity contribution is 9.10. The van der Waals surface area contributed by atoms with Crippen LogP contribution in [0.25, 0.3) is 17.0 Å². The number of carbonyl (C=O) groups is 1. The first kappa shape index (κ1) is 24.6. The summed E-state index contributed by atoms with van der Waals surface area (Å²) in [5, 5.41) is 1.06. The molecule has 1 saturated heterocycles. The van der Waals surface area contributed by atoms with Crippen LogP contribution >= 0.6 is 39.9 Å². The first-order valence-electron chi connectivity index (χ1n) is 11.4. The molecule has 3 aromatic carbocycles. The molecule has 182 valence electrons. The number of amides is 1. The third-order valence-electron chi connectivity index (χ3n) is 5.88. The number of rotatable bonds is 8. The number of carbonyl (C=O) groups excluding carboxylic acids is 1. The van der Waals surface area contributed by atoms with E-state index in [4.69, 9.17) is 21.7 Å². The summed E-state index contributed by atoms with van der Waals surface area (Å²) in [7, 11) is 1.63. The van der Waals surface area contributed by atoms with Crippen LogP contribution in [0.4, 0.5) is 0 Å². The van der Waals surface area contributed by atoms with Gasteiger partial charge < -0.3 is 14.0 Å².